The van der Waals surface area contributed by atoms with E-state index in [0.717, 1.165) is 5.75 Å². The van der Waals surface area contributed by atoms with Crippen molar-refractivity contribution in [3.63, 3.8) is 0 Å². The van der Waals surface area contributed by atoms with Crippen molar-refractivity contribution < 1.29 is 24.2 Å². The monoisotopic (exact) mass is 341 g/mol. The van der Waals surface area contributed by atoms with Crippen molar-refractivity contribution in [1.82, 2.24) is 4.90 Å². The fourth-order valence-corrected chi connectivity index (χ4v) is 2.69. The molecule has 0 aromatic heterocycles. The molecule has 1 aliphatic rings. The van der Waals surface area contributed by atoms with Gasteiger partial charge in [-0.1, -0.05) is 18.2 Å². The molecule has 2 aromatic rings. The molecule has 1 amide bonds. The number of nitrogens with zero attached hydrogens (tertiary/aromatic N) is 1. The van der Waals surface area contributed by atoms with E-state index >= 15 is 0 Å². The molecule has 0 bridgehead atoms. The molecule has 1 heterocycles. The van der Waals surface area contributed by atoms with E-state index < -0.39 is 12.1 Å². The molecule has 1 saturated heterocycles. The van der Waals surface area contributed by atoms with Crippen LogP contribution in [-0.4, -0.2) is 47.7 Å². The van der Waals surface area contributed by atoms with Crippen molar-refractivity contribution in [2.24, 2.45) is 0 Å². The van der Waals surface area contributed by atoms with Crippen LogP contribution in [0.5, 0.6) is 11.5 Å². The Bertz CT molecular complexity index is 729. The van der Waals surface area contributed by atoms with E-state index in [1.54, 1.807) is 29.2 Å². The van der Waals surface area contributed by atoms with Crippen LogP contribution in [0.4, 0.5) is 0 Å². The molecule has 1 atom stereocenters. The van der Waals surface area contributed by atoms with Crippen LogP contribution in [0.3, 0.4) is 0 Å². The third-order valence-corrected chi connectivity index (χ3v) is 3.91. The Morgan fingerprint density at radius 1 is 1.08 bits per heavy atom. The zero-order chi connectivity index (χ0) is 17.6. The maximum absolute atomic E-state index is 12.6. The summed E-state index contributed by atoms with van der Waals surface area (Å²) in [5.41, 5.74) is 0.538. The van der Waals surface area contributed by atoms with Crippen molar-refractivity contribution in [3.8, 4) is 11.5 Å². The normalized spacial score (nSPS) is 17.1. The second-order valence-electron chi connectivity index (χ2n) is 5.78. The van der Waals surface area contributed by atoms with Gasteiger partial charge in [0.05, 0.1) is 19.1 Å². The van der Waals surface area contributed by atoms with Crippen LogP contribution in [0.1, 0.15) is 16.8 Å². The lowest BCUT2D eigenvalue weighted by atomic mass is 10.1. The fourth-order valence-electron chi connectivity index (χ4n) is 2.69. The standard InChI is InChI=1S/C19H19NO5/c21-18(22)12-17-13-20(10-11-24-17)19(23)14-6-8-16(9-7-14)25-15-4-2-1-3-5-15/h1-9,17H,10-13H2,(H,21,22). The van der Waals surface area contributed by atoms with Gasteiger partial charge in [-0.3, -0.25) is 9.59 Å². The zero-order valence-electron chi connectivity index (χ0n) is 13.6. The van der Waals surface area contributed by atoms with Crippen molar-refractivity contribution in [2.45, 2.75) is 12.5 Å². The van der Waals surface area contributed by atoms with Gasteiger partial charge in [0.15, 0.2) is 0 Å². The average molecular weight is 341 g/mol. The van der Waals surface area contributed by atoms with E-state index in [1.807, 2.05) is 30.3 Å². The first-order valence-electron chi connectivity index (χ1n) is 8.07. The fraction of sp³-hybridized carbons (Fsp3) is 0.263. The molecule has 0 spiro atoms. The first kappa shape index (κ1) is 17.0. The molecule has 6 heteroatoms. The number of rotatable bonds is 5. The number of hydrogen-bond donors (Lipinski definition) is 1. The number of carboxylic acids is 1. The molecule has 1 fully saturated rings. The van der Waals surface area contributed by atoms with Crippen molar-refractivity contribution >= 4 is 11.9 Å². The van der Waals surface area contributed by atoms with Gasteiger partial charge in [-0.05, 0) is 36.4 Å². The smallest absolute Gasteiger partial charge is 0.306 e. The highest BCUT2D eigenvalue weighted by Gasteiger charge is 2.26. The number of ether oxygens (including phenoxy) is 2. The number of aliphatic carboxylic acids is 1. The lowest BCUT2D eigenvalue weighted by molar-refractivity contribution is -0.141. The van der Waals surface area contributed by atoms with Crippen LogP contribution < -0.4 is 4.74 Å². The van der Waals surface area contributed by atoms with Crippen molar-refractivity contribution in [3.05, 3.63) is 60.2 Å². The van der Waals surface area contributed by atoms with Crippen LogP contribution in [0.15, 0.2) is 54.6 Å². The van der Waals surface area contributed by atoms with Crippen LogP contribution in [0.2, 0.25) is 0 Å². The van der Waals surface area contributed by atoms with Gasteiger partial charge in [-0.15, -0.1) is 0 Å². The average Bonchev–Trinajstić information content (AvgIpc) is 2.62. The Hall–Kier alpha value is -2.86. The van der Waals surface area contributed by atoms with E-state index in [2.05, 4.69) is 0 Å². The van der Waals surface area contributed by atoms with Gasteiger partial charge in [0, 0.05) is 18.7 Å². The summed E-state index contributed by atoms with van der Waals surface area (Å²) < 4.78 is 11.1. The van der Waals surface area contributed by atoms with Gasteiger partial charge in [0.1, 0.15) is 11.5 Å². The van der Waals surface area contributed by atoms with Gasteiger partial charge >= 0.3 is 5.97 Å². The molecule has 3 rings (SSSR count). The first-order chi connectivity index (χ1) is 12.1. The maximum atomic E-state index is 12.6. The van der Waals surface area contributed by atoms with E-state index in [0.29, 0.717) is 24.5 Å². The third kappa shape index (κ3) is 4.58. The van der Waals surface area contributed by atoms with Crippen LogP contribution in [0.25, 0.3) is 0 Å². The van der Waals surface area contributed by atoms with Crippen molar-refractivity contribution in [1.29, 1.82) is 0 Å². The Morgan fingerprint density at radius 2 is 1.76 bits per heavy atom. The summed E-state index contributed by atoms with van der Waals surface area (Å²) in [6, 6.07) is 16.3. The molecule has 25 heavy (non-hydrogen) atoms. The highest BCUT2D eigenvalue weighted by atomic mass is 16.5. The Kier molecular flexibility index (Phi) is 5.30. The summed E-state index contributed by atoms with van der Waals surface area (Å²) >= 11 is 0. The highest BCUT2D eigenvalue weighted by Crippen LogP contribution is 2.22. The third-order valence-electron chi connectivity index (χ3n) is 3.91. The first-order valence-corrected chi connectivity index (χ1v) is 8.07. The molecule has 0 saturated carbocycles. The molecule has 0 aliphatic carbocycles. The minimum atomic E-state index is -0.929. The van der Waals surface area contributed by atoms with Gasteiger partial charge in [0.25, 0.3) is 5.91 Å². The van der Waals surface area contributed by atoms with Crippen LogP contribution in [0, 0.1) is 0 Å². The van der Waals surface area contributed by atoms with Crippen molar-refractivity contribution in [2.75, 3.05) is 19.7 Å². The number of amides is 1. The lowest BCUT2D eigenvalue weighted by Gasteiger charge is -2.32. The number of benzene rings is 2. The number of carboxylic acid groups (broad SMARTS) is 1. The predicted octanol–water partition coefficient (Wildman–Crippen LogP) is 2.79. The molecule has 0 radical (unpaired) electrons. The molecule has 1 N–H and O–H groups in total. The zero-order valence-corrected chi connectivity index (χ0v) is 13.6. The molecule has 1 unspecified atom stereocenters. The van der Waals surface area contributed by atoms with Gasteiger partial charge in [-0.25, -0.2) is 0 Å². The van der Waals surface area contributed by atoms with Gasteiger partial charge in [0.2, 0.25) is 0 Å². The van der Waals surface area contributed by atoms with Crippen LogP contribution in [-0.2, 0) is 9.53 Å². The Morgan fingerprint density at radius 3 is 2.44 bits per heavy atom. The van der Waals surface area contributed by atoms with E-state index in [9.17, 15) is 9.59 Å². The van der Waals surface area contributed by atoms with Gasteiger partial charge in [-0.2, -0.15) is 0 Å². The van der Waals surface area contributed by atoms with E-state index in [4.69, 9.17) is 14.6 Å². The summed E-state index contributed by atoms with van der Waals surface area (Å²) in [7, 11) is 0. The Balaban J connectivity index is 1.63. The second-order valence-corrected chi connectivity index (χ2v) is 5.78. The van der Waals surface area contributed by atoms with E-state index in [1.165, 1.54) is 0 Å². The largest absolute Gasteiger partial charge is 0.481 e. The van der Waals surface area contributed by atoms with Crippen LogP contribution >= 0.6 is 0 Å². The SMILES string of the molecule is O=C(O)CC1CN(C(=O)c2ccc(Oc3ccccc3)cc2)CCO1. The molecule has 130 valence electrons. The number of carbonyl (C=O) groups excluding carboxylic acids is 1. The lowest BCUT2D eigenvalue weighted by Crippen LogP contribution is -2.46. The number of hydrogen-bond acceptors (Lipinski definition) is 4. The molecule has 1 aliphatic heterocycles. The minimum absolute atomic E-state index is 0.104. The topological polar surface area (TPSA) is 76.1 Å². The number of carbonyl (C=O) groups is 2. The summed E-state index contributed by atoms with van der Waals surface area (Å²) in [5.74, 6) is 0.311. The second kappa shape index (κ2) is 7.81. The van der Waals surface area contributed by atoms with E-state index in [-0.39, 0.29) is 18.9 Å². The molecule has 6 nitrogen and oxygen atoms in total. The quantitative estimate of drug-likeness (QED) is 0.905. The van der Waals surface area contributed by atoms with Gasteiger partial charge < -0.3 is 19.5 Å². The number of morpholine rings is 1. The minimum Gasteiger partial charge on any atom is -0.481 e. The molecular weight excluding hydrogens is 322 g/mol. The predicted molar refractivity (Wildman–Crippen MR) is 90.9 cm³/mol. The molecular formula is C19H19NO5. The molecule has 2 aromatic carbocycles. The number of para-hydroxylation sites is 1. The Labute approximate surface area is 145 Å². The summed E-state index contributed by atoms with van der Waals surface area (Å²) in [6.07, 6.45) is -0.566. The summed E-state index contributed by atoms with van der Waals surface area (Å²) in [5, 5.41) is 8.86. The summed E-state index contributed by atoms with van der Waals surface area (Å²) in [6.45, 7) is 1.09. The highest BCUT2D eigenvalue weighted by molar-refractivity contribution is 5.94. The summed E-state index contributed by atoms with van der Waals surface area (Å²) in [4.78, 5) is 25.0. The maximum Gasteiger partial charge on any atom is 0.306 e.